The van der Waals surface area contributed by atoms with Gasteiger partial charge in [0.1, 0.15) is 11.6 Å². The van der Waals surface area contributed by atoms with E-state index in [1.807, 2.05) is 6.92 Å². The SMILES string of the molecule is CCOc1ccc(-c2cc(N)nc(C(F)(F)F)n2)cc1. The number of benzene rings is 1. The van der Waals surface area contributed by atoms with Gasteiger partial charge in [0.05, 0.1) is 12.3 Å². The Hall–Kier alpha value is -2.31. The fourth-order valence-electron chi connectivity index (χ4n) is 1.63. The van der Waals surface area contributed by atoms with Gasteiger partial charge in [-0.3, -0.25) is 0 Å². The van der Waals surface area contributed by atoms with E-state index in [1.165, 1.54) is 6.07 Å². The first-order valence-corrected chi connectivity index (χ1v) is 5.85. The lowest BCUT2D eigenvalue weighted by atomic mass is 10.1. The zero-order chi connectivity index (χ0) is 14.8. The van der Waals surface area contributed by atoms with Crippen LogP contribution >= 0.6 is 0 Å². The second kappa shape index (κ2) is 5.36. The maximum absolute atomic E-state index is 12.6. The van der Waals surface area contributed by atoms with Crippen molar-refractivity contribution in [1.29, 1.82) is 0 Å². The zero-order valence-electron chi connectivity index (χ0n) is 10.6. The molecule has 0 saturated carbocycles. The van der Waals surface area contributed by atoms with E-state index < -0.39 is 12.0 Å². The average molecular weight is 283 g/mol. The molecule has 0 aliphatic heterocycles. The van der Waals surface area contributed by atoms with E-state index in [0.717, 1.165) is 0 Å². The van der Waals surface area contributed by atoms with Crippen molar-refractivity contribution in [3.63, 3.8) is 0 Å². The van der Waals surface area contributed by atoms with Crippen molar-refractivity contribution in [3.05, 3.63) is 36.2 Å². The van der Waals surface area contributed by atoms with E-state index in [4.69, 9.17) is 10.5 Å². The molecule has 0 amide bonds. The number of hydrogen-bond acceptors (Lipinski definition) is 4. The van der Waals surface area contributed by atoms with Crippen LogP contribution in [0.15, 0.2) is 30.3 Å². The summed E-state index contributed by atoms with van der Waals surface area (Å²) >= 11 is 0. The van der Waals surface area contributed by atoms with Crippen molar-refractivity contribution >= 4 is 5.82 Å². The summed E-state index contributed by atoms with van der Waals surface area (Å²) < 4.78 is 43.1. The van der Waals surface area contributed by atoms with Crippen LogP contribution in [0.4, 0.5) is 19.0 Å². The number of nitrogen functional groups attached to an aromatic ring is 1. The molecule has 2 rings (SSSR count). The molecule has 7 heteroatoms. The first-order chi connectivity index (χ1) is 9.40. The molecular weight excluding hydrogens is 271 g/mol. The quantitative estimate of drug-likeness (QED) is 0.940. The molecule has 0 aliphatic rings. The second-order valence-electron chi connectivity index (χ2n) is 3.96. The minimum absolute atomic E-state index is 0.118. The van der Waals surface area contributed by atoms with Gasteiger partial charge in [0, 0.05) is 11.6 Å². The third kappa shape index (κ3) is 3.17. The lowest BCUT2D eigenvalue weighted by Crippen LogP contribution is -2.13. The van der Waals surface area contributed by atoms with Gasteiger partial charge >= 0.3 is 6.18 Å². The largest absolute Gasteiger partial charge is 0.494 e. The number of rotatable bonds is 3. The van der Waals surface area contributed by atoms with Crippen molar-refractivity contribution in [2.24, 2.45) is 0 Å². The van der Waals surface area contributed by atoms with E-state index in [1.54, 1.807) is 24.3 Å². The highest BCUT2D eigenvalue weighted by molar-refractivity contribution is 5.62. The molecule has 0 fully saturated rings. The maximum Gasteiger partial charge on any atom is 0.451 e. The molecule has 1 heterocycles. The summed E-state index contributed by atoms with van der Waals surface area (Å²) in [7, 11) is 0. The first kappa shape index (κ1) is 14.1. The molecule has 1 aromatic carbocycles. The minimum Gasteiger partial charge on any atom is -0.494 e. The fourth-order valence-corrected chi connectivity index (χ4v) is 1.63. The van der Waals surface area contributed by atoms with Gasteiger partial charge in [0.15, 0.2) is 0 Å². The number of halogens is 3. The van der Waals surface area contributed by atoms with Crippen molar-refractivity contribution < 1.29 is 17.9 Å². The van der Waals surface area contributed by atoms with Gasteiger partial charge in [-0.25, -0.2) is 9.97 Å². The average Bonchev–Trinajstić information content (AvgIpc) is 2.38. The number of alkyl halides is 3. The topological polar surface area (TPSA) is 61.0 Å². The molecule has 0 saturated heterocycles. The monoisotopic (exact) mass is 283 g/mol. The molecule has 0 radical (unpaired) electrons. The summed E-state index contributed by atoms with van der Waals surface area (Å²) in [5.74, 6) is -0.841. The van der Waals surface area contributed by atoms with Gasteiger partial charge < -0.3 is 10.5 Å². The van der Waals surface area contributed by atoms with E-state index >= 15 is 0 Å². The van der Waals surface area contributed by atoms with E-state index in [2.05, 4.69) is 9.97 Å². The molecule has 4 nitrogen and oxygen atoms in total. The third-order valence-corrected chi connectivity index (χ3v) is 2.46. The minimum atomic E-state index is -4.63. The van der Waals surface area contributed by atoms with Crippen molar-refractivity contribution in [2.45, 2.75) is 13.1 Å². The van der Waals surface area contributed by atoms with Gasteiger partial charge in [0.2, 0.25) is 5.82 Å². The number of hydrogen-bond donors (Lipinski definition) is 1. The second-order valence-corrected chi connectivity index (χ2v) is 3.96. The van der Waals surface area contributed by atoms with Gasteiger partial charge in [-0.2, -0.15) is 13.2 Å². The number of aromatic nitrogens is 2. The summed E-state index contributed by atoms with van der Waals surface area (Å²) in [4.78, 5) is 6.69. The molecule has 0 spiro atoms. The normalized spacial score (nSPS) is 11.4. The van der Waals surface area contributed by atoms with Crippen LogP contribution < -0.4 is 10.5 Å². The van der Waals surface area contributed by atoms with Gasteiger partial charge in [0.25, 0.3) is 0 Å². The van der Waals surface area contributed by atoms with E-state index in [9.17, 15) is 13.2 Å². The standard InChI is InChI=1S/C13H12F3N3O/c1-2-20-9-5-3-8(4-6-9)10-7-11(17)19-12(18-10)13(14,15)16/h3-7H,2H2,1H3,(H2,17,18,19). The Morgan fingerprint density at radius 3 is 2.35 bits per heavy atom. The van der Waals surface area contributed by atoms with Crippen molar-refractivity contribution in [3.8, 4) is 17.0 Å². The number of nitrogens with zero attached hydrogens (tertiary/aromatic N) is 2. The molecule has 2 aromatic rings. The Morgan fingerprint density at radius 1 is 1.15 bits per heavy atom. The number of ether oxygens (including phenoxy) is 1. The van der Waals surface area contributed by atoms with Crippen LogP contribution in [0.25, 0.3) is 11.3 Å². The van der Waals surface area contributed by atoms with Crippen LogP contribution in [-0.2, 0) is 6.18 Å². The highest BCUT2D eigenvalue weighted by Crippen LogP contribution is 2.29. The molecule has 0 atom stereocenters. The van der Waals surface area contributed by atoms with Crippen molar-refractivity contribution in [2.75, 3.05) is 12.3 Å². The van der Waals surface area contributed by atoms with Crippen LogP contribution in [0.2, 0.25) is 0 Å². The Kier molecular flexibility index (Phi) is 3.78. The Labute approximate surface area is 113 Å². The van der Waals surface area contributed by atoms with Gasteiger partial charge in [-0.05, 0) is 31.2 Å². The van der Waals surface area contributed by atoms with Crippen LogP contribution in [0.3, 0.4) is 0 Å². The number of anilines is 1. The predicted octanol–water partition coefficient (Wildman–Crippen LogP) is 3.14. The zero-order valence-corrected chi connectivity index (χ0v) is 10.6. The summed E-state index contributed by atoms with van der Waals surface area (Å²) in [5, 5.41) is 0. The molecule has 0 aliphatic carbocycles. The van der Waals surface area contributed by atoms with E-state index in [-0.39, 0.29) is 11.5 Å². The lowest BCUT2D eigenvalue weighted by molar-refractivity contribution is -0.144. The Morgan fingerprint density at radius 2 is 1.80 bits per heavy atom. The third-order valence-electron chi connectivity index (χ3n) is 2.46. The molecule has 0 unspecified atom stereocenters. The lowest BCUT2D eigenvalue weighted by Gasteiger charge is -2.09. The molecular formula is C13H12F3N3O. The smallest absolute Gasteiger partial charge is 0.451 e. The molecule has 20 heavy (non-hydrogen) atoms. The summed E-state index contributed by atoms with van der Waals surface area (Å²) in [6, 6.07) is 7.85. The summed E-state index contributed by atoms with van der Waals surface area (Å²) in [5.41, 5.74) is 6.02. The molecule has 1 aromatic heterocycles. The molecule has 2 N–H and O–H groups in total. The highest BCUT2D eigenvalue weighted by Gasteiger charge is 2.35. The van der Waals surface area contributed by atoms with Gasteiger partial charge in [-0.15, -0.1) is 0 Å². The Balaban J connectivity index is 2.39. The summed E-state index contributed by atoms with van der Waals surface area (Å²) in [6.07, 6.45) is -4.63. The number of nitrogens with two attached hydrogens (primary N) is 1. The maximum atomic E-state index is 12.6. The van der Waals surface area contributed by atoms with Crippen LogP contribution in [-0.4, -0.2) is 16.6 Å². The van der Waals surface area contributed by atoms with Crippen LogP contribution in [0.1, 0.15) is 12.7 Å². The Bertz CT molecular complexity index is 597. The van der Waals surface area contributed by atoms with Gasteiger partial charge in [-0.1, -0.05) is 0 Å². The van der Waals surface area contributed by atoms with Crippen molar-refractivity contribution in [1.82, 2.24) is 9.97 Å². The predicted molar refractivity (Wildman–Crippen MR) is 68.1 cm³/mol. The molecule has 106 valence electrons. The van der Waals surface area contributed by atoms with Crippen LogP contribution in [0.5, 0.6) is 5.75 Å². The highest BCUT2D eigenvalue weighted by atomic mass is 19.4. The van der Waals surface area contributed by atoms with E-state index in [0.29, 0.717) is 17.9 Å². The molecule has 0 bridgehead atoms. The fraction of sp³-hybridized carbons (Fsp3) is 0.231. The summed E-state index contributed by atoms with van der Waals surface area (Å²) in [6.45, 7) is 2.35. The first-order valence-electron chi connectivity index (χ1n) is 5.85. The van der Waals surface area contributed by atoms with Crippen LogP contribution in [0, 0.1) is 0 Å².